The molecule has 1 N–H and O–H groups in total. The van der Waals surface area contributed by atoms with Crippen molar-refractivity contribution in [3.63, 3.8) is 0 Å². The van der Waals surface area contributed by atoms with Crippen LogP contribution in [-0.4, -0.2) is 11.7 Å². The number of benzene rings is 2. The Morgan fingerprint density at radius 1 is 0.923 bits per heavy atom. The fraction of sp³-hybridized carbons (Fsp3) is 0.250. The van der Waals surface area contributed by atoms with E-state index in [1.54, 1.807) is 12.1 Å². The van der Waals surface area contributed by atoms with E-state index >= 15 is 0 Å². The quantitative estimate of drug-likeness (QED) is 0.419. The van der Waals surface area contributed by atoms with Crippen LogP contribution in [0.4, 0.5) is 0 Å². The van der Waals surface area contributed by atoms with Crippen molar-refractivity contribution >= 4 is 11.1 Å². The summed E-state index contributed by atoms with van der Waals surface area (Å²) in [6, 6.07) is 14.1. The van der Waals surface area contributed by atoms with Gasteiger partial charge in [-0.1, -0.05) is 50.8 Å². The minimum atomic E-state index is 0.325. The number of aromatic hydroxyl groups is 1. The molecule has 26 heavy (non-hydrogen) atoms. The number of allylic oxidation sites excluding steroid dienone is 3. The van der Waals surface area contributed by atoms with Crippen LogP contribution in [-0.2, 0) is 6.42 Å². The number of hydrogen-bond acceptors (Lipinski definition) is 2. The van der Waals surface area contributed by atoms with Gasteiger partial charge in [-0.2, -0.15) is 0 Å². The molecule has 0 atom stereocenters. The molecule has 2 heteroatoms. The summed E-state index contributed by atoms with van der Waals surface area (Å²) in [6.45, 7) is 12.3. The van der Waals surface area contributed by atoms with Crippen LogP contribution in [0.25, 0.3) is 11.1 Å². The second kappa shape index (κ2) is 9.67. The molecule has 2 aromatic rings. The summed E-state index contributed by atoms with van der Waals surface area (Å²) in [4.78, 5) is 0. The van der Waals surface area contributed by atoms with Crippen LogP contribution >= 0.6 is 0 Å². The third-order valence-corrected chi connectivity index (χ3v) is 4.43. The van der Waals surface area contributed by atoms with Crippen molar-refractivity contribution < 1.29 is 9.84 Å². The van der Waals surface area contributed by atoms with Crippen LogP contribution in [0.1, 0.15) is 43.4 Å². The van der Waals surface area contributed by atoms with E-state index in [4.69, 9.17) is 4.74 Å². The van der Waals surface area contributed by atoms with Crippen molar-refractivity contribution in [3.8, 4) is 11.5 Å². The third kappa shape index (κ3) is 4.66. The Hall–Kier alpha value is -2.74. The van der Waals surface area contributed by atoms with Gasteiger partial charge in [0.25, 0.3) is 0 Å². The lowest BCUT2D eigenvalue weighted by atomic mass is 9.90. The van der Waals surface area contributed by atoms with E-state index in [2.05, 4.69) is 45.2 Å². The first-order valence-electron chi connectivity index (χ1n) is 9.13. The largest absolute Gasteiger partial charge is 0.508 e. The number of hydrogen-bond donors (Lipinski definition) is 1. The first-order valence-corrected chi connectivity index (χ1v) is 9.13. The molecule has 0 radical (unpaired) electrons. The Balaban J connectivity index is 2.45. The molecule has 0 aromatic heterocycles. The maximum atomic E-state index is 10.1. The summed E-state index contributed by atoms with van der Waals surface area (Å²) in [6.07, 6.45) is 6.08. The van der Waals surface area contributed by atoms with Crippen molar-refractivity contribution in [2.75, 3.05) is 6.61 Å². The van der Waals surface area contributed by atoms with Gasteiger partial charge in [0.15, 0.2) is 0 Å². The van der Waals surface area contributed by atoms with Gasteiger partial charge in [-0.05, 0) is 71.4 Å². The minimum absolute atomic E-state index is 0.325. The molecule has 0 aliphatic carbocycles. The summed E-state index contributed by atoms with van der Waals surface area (Å²) in [7, 11) is 0. The number of rotatable bonds is 9. The lowest BCUT2D eigenvalue weighted by Crippen LogP contribution is -1.95. The second-order valence-corrected chi connectivity index (χ2v) is 6.12. The average Bonchev–Trinajstić information content (AvgIpc) is 2.67. The topological polar surface area (TPSA) is 29.5 Å². The van der Waals surface area contributed by atoms with Crippen molar-refractivity contribution in [1.82, 2.24) is 0 Å². The molecule has 2 nitrogen and oxygen atoms in total. The highest BCUT2D eigenvalue weighted by molar-refractivity contribution is 5.91. The van der Waals surface area contributed by atoms with Crippen LogP contribution in [0.5, 0.6) is 11.5 Å². The zero-order valence-electron chi connectivity index (χ0n) is 15.8. The highest BCUT2D eigenvalue weighted by atomic mass is 16.5. The third-order valence-electron chi connectivity index (χ3n) is 4.43. The molecule has 0 heterocycles. The normalized spacial score (nSPS) is 11.6. The van der Waals surface area contributed by atoms with E-state index in [0.717, 1.165) is 29.7 Å². The van der Waals surface area contributed by atoms with E-state index in [1.807, 2.05) is 24.3 Å². The van der Waals surface area contributed by atoms with E-state index in [0.29, 0.717) is 18.8 Å². The van der Waals surface area contributed by atoms with Crippen LogP contribution in [0, 0.1) is 0 Å². The molecular formula is C24H28O2. The Kier molecular flexibility index (Phi) is 7.28. The lowest BCUT2D eigenvalue weighted by molar-refractivity contribution is 0.363. The second-order valence-electron chi connectivity index (χ2n) is 6.12. The Morgan fingerprint density at radius 2 is 1.54 bits per heavy atom. The van der Waals surface area contributed by atoms with Crippen molar-refractivity contribution in [1.29, 1.82) is 0 Å². The highest BCUT2D eigenvalue weighted by Gasteiger charge is 2.11. The molecule has 0 aliphatic rings. The monoisotopic (exact) mass is 348 g/mol. The Labute approximate surface area is 157 Å². The first-order chi connectivity index (χ1) is 12.6. The predicted octanol–water partition coefficient (Wildman–Crippen LogP) is 6.42. The zero-order chi connectivity index (χ0) is 18.9. The van der Waals surface area contributed by atoms with E-state index in [9.17, 15) is 5.11 Å². The molecule has 0 aliphatic heterocycles. The van der Waals surface area contributed by atoms with Crippen LogP contribution in [0.3, 0.4) is 0 Å². The first kappa shape index (κ1) is 19.6. The van der Waals surface area contributed by atoms with Crippen molar-refractivity contribution in [3.05, 3.63) is 84.5 Å². The molecule has 2 rings (SSSR count). The zero-order valence-corrected chi connectivity index (χ0v) is 15.8. The van der Waals surface area contributed by atoms with Gasteiger partial charge in [0.05, 0.1) is 0 Å². The van der Waals surface area contributed by atoms with Gasteiger partial charge < -0.3 is 9.84 Å². The molecule has 0 bridgehead atoms. The fourth-order valence-electron chi connectivity index (χ4n) is 3.18. The molecule has 0 amide bonds. The summed E-state index contributed by atoms with van der Waals surface area (Å²) in [5.74, 6) is 1.17. The lowest BCUT2D eigenvalue weighted by Gasteiger charge is -2.16. The number of phenolic OH excluding ortho intramolecular Hbond substituents is 1. The highest BCUT2D eigenvalue weighted by Crippen LogP contribution is 2.34. The summed E-state index contributed by atoms with van der Waals surface area (Å²) in [5, 5.41) is 10.1. The summed E-state index contributed by atoms with van der Waals surface area (Å²) >= 11 is 0. The molecular weight excluding hydrogens is 320 g/mol. The van der Waals surface area contributed by atoms with Gasteiger partial charge in [-0.15, -0.1) is 6.58 Å². The molecule has 0 saturated carbocycles. The molecule has 0 fully saturated rings. The molecule has 0 spiro atoms. The van der Waals surface area contributed by atoms with Crippen LogP contribution in [0.2, 0.25) is 0 Å². The predicted molar refractivity (Wildman–Crippen MR) is 112 cm³/mol. The maximum Gasteiger partial charge on any atom is 0.119 e. The molecule has 2 aromatic carbocycles. The average molecular weight is 348 g/mol. The van der Waals surface area contributed by atoms with Gasteiger partial charge in [-0.25, -0.2) is 0 Å². The number of phenols is 1. The van der Waals surface area contributed by atoms with Gasteiger partial charge in [0, 0.05) is 0 Å². The maximum absolute atomic E-state index is 10.1. The van der Waals surface area contributed by atoms with E-state index in [1.165, 1.54) is 16.7 Å². The van der Waals surface area contributed by atoms with Gasteiger partial charge in [-0.3, -0.25) is 0 Å². The van der Waals surface area contributed by atoms with Gasteiger partial charge in [0.1, 0.15) is 18.1 Å². The molecule has 136 valence electrons. The standard InChI is InChI=1S/C24H28O2/c1-5-9-20-17-19(12-15-24(20)25)23(8-4)22(7-3)18-10-13-21(14-11-18)26-16-6-2/h5-6,10-15,17,25H,1-2,7-9,16H2,3-4H3. The van der Waals surface area contributed by atoms with Crippen LogP contribution in [0.15, 0.2) is 67.8 Å². The Bertz CT molecular complexity index is 782. The van der Waals surface area contributed by atoms with Gasteiger partial charge >= 0.3 is 0 Å². The molecule has 0 saturated heterocycles. The SMILES string of the molecule is C=CCOc1ccc(C(CC)=C(CC)c2ccc(O)c(CC=C)c2)cc1. The smallest absolute Gasteiger partial charge is 0.119 e. The van der Waals surface area contributed by atoms with Crippen molar-refractivity contribution in [2.24, 2.45) is 0 Å². The number of ether oxygens (including phenoxy) is 1. The van der Waals surface area contributed by atoms with Gasteiger partial charge in [0.2, 0.25) is 0 Å². The van der Waals surface area contributed by atoms with E-state index < -0.39 is 0 Å². The van der Waals surface area contributed by atoms with Crippen LogP contribution < -0.4 is 4.74 Å². The van der Waals surface area contributed by atoms with Crippen molar-refractivity contribution in [2.45, 2.75) is 33.1 Å². The van der Waals surface area contributed by atoms with E-state index in [-0.39, 0.29) is 0 Å². The summed E-state index contributed by atoms with van der Waals surface area (Å²) in [5.41, 5.74) is 5.89. The molecule has 0 unspecified atom stereocenters. The minimum Gasteiger partial charge on any atom is -0.508 e. The fourth-order valence-corrected chi connectivity index (χ4v) is 3.18. The summed E-state index contributed by atoms with van der Waals surface area (Å²) < 4.78 is 5.58. The Morgan fingerprint density at radius 3 is 2.12 bits per heavy atom.